The van der Waals surface area contributed by atoms with Crippen LogP contribution in [0.15, 0.2) is 0 Å². The Bertz CT molecular complexity index is 298. The summed E-state index contributed by atoms with van der Waals surface area (Å²) in [5.74, 6) is -0.551. The highest BCUT2D eigenvalue weighted by molar-refractivity contribution is 7.98. The largest absolute Gasteiger partial charge is 0.481 e. The number of rotatable bonds is 5. The van der Waals surface area contributed by atoms with Gasteiger partial charge in [0.05, 0.1) is 12.0 Å². The molecule has 6 heteroatoms. The summed E-state index contributed by atoms with van der Waals surface area (Å²) in [5.41, 5.74) is 5.81. The van der Waals surface area contributed by atoms with Crippen LogP contribution in [-0.2, 0) is 9.59 Å². The molecule has 0 radical (unpaired) electrons. The molecular formula is C11H20N2O3S. The van der Waals surface area contributed by atoms with Crippen LogP contribution in [-0.4, -0.2) is 52.5 Å². The summed E-state index contributed by atoms with van der Waals surface area (Å²) in [6, 6.07) is -0.752. The predicted octanol–water partition coefficient (Wildman–Crippen LogP) is 0.388. The van der Waals surface area contributed by atoms with Gasteiger partial charge in [0.2, 0.25) is 5.91 Å². The number of hydrogen-bond donors (Lipinski definition) is 2. The van der Waals surface area contributed by atoms with E-state index in [1.54, 1.807) is 23.6 Å². The molecule has 3 atom stereocenters. The van der Waals surface area contributed by atoms with Gasteiger partial charge in [0.1, 0.15) is 0 Å². The molecule has 0 spiro atoms. The molecule has 5 nitrogen and oxygen atoms in total. The van der Waals surface area contributed by atoms with Crippen molar-refractivity contribution in [1.29, 1.82) is 0 Å². The highest BCUT2D eigenvalue weighted by Gasteiger charge is 2.39. The monoisotopic (exact) mass is 260 g/mol. The molecule has 0 aromatic carbocycles. The second-order valence-electron chi connectivity index (χ2n) is 4.39. The van der Waals surface area contributed by atoms with Crippen LogP contribution < -0.4 is 5.73 Å². The van der Waals surface area contributed by atoms with Gasteiger partial charge in [0, 0.05) is 12.6 Å². The molecule has 2 unspecified atom stereocenters. The Hall–Kier alpha value is -0.750. The Morgan fingerprint density at radius 1 is 1.59 bits per heavy atom. The predicted molar refractivity (Wildman–Crippen MR) is 67.9 cm³/mol. The Balaban J connectivity index is 2.56. The number of carboxylic acids is 1. The van der Waals surface area contributed by atoms with Gasteiger partial charge in [0.15, 0.2) is 0 Å². The Labute approximate surface area is 106 Å². The molecule has 3 N–H and O–H groups in total. The zero-order valence-corrected chi connectivity index (χ0v) is 11.1. The molecule has 1 rings (SSSR count). The molecule has 98 valence electrons. The molecule has 17 heavy (non-hydrogen) atoms. The van der Waals surface area contributed by atoms with Crippen molar-refractivity contribution in [2.75, 3.05) is 18.6 Å². The summed E-state index contributed by atoms with van der Waals surface area (Å²) in [4.78, 5) is 24.6. The number of nitrogens with two attached hydrogens (primary N) is 1. The van der Waals surface area contributed by atoms with Crippen LogP contribution in [0.3, 0.4) is 0 Å². The second kappa shape index (κ2) is 6.26. The Kier molecular flexibility index (Phi) is 5.27. The van der Waals surface area contributed by atoms with Crippen molar-refractivity contribution in [1.82, 2.24) is 4.90 Å². The average Bonchev–Trinajstić information content (AvgIpc) is 2.67. The molecule has 0 bridgehead atoms. The van der Waals surface area contributed by atoms with Crippen LogP contribution in [0.2, 0.25) is 0 Å². The SMILES string of the molecule is CSCC[C@@H](N)C(=O)N1CCC(C(=O)O)C1C. The van der Waals surface area contributed by atoms with E-state index >= 15 is 0 Å². The first-order valence-electron chi connectivity index (χ1n) is 5.76. The fraction of sp³-hybridized carbons (Fsp3) is 0.818. The lowest BCUT2D eigenvalue weighted by atomic mass is 10.0. The first kappa shape index (κ1) is 14.3. The van der Waals surface area contributed by atoms with Gasteiger partial charge >= 0.3 is 5.97 Å². The highest BCUT2D eigenvalue weighted by Crippen LogP contribution is 2.25. The van der Waals surface area contributed by atoms with E-state index in [0.717, 1.165) is 5.75 Å². The standard InChI is InChI=1S/C11H20N2O3S/c1-7-8(11(15)16)3-5-13(7)10(14)9(12)4-6-17-2/h7-9H,3-6,12H2,1-2H3,(H,15,16)/t7?,8?,9-/m1/s1. The fourth-order valence-corrected chi connectivity index (χ4v) is 2.65. The zero-order valence-electron chi connectivity index (χ0n) is 10.3. The van der Waals surface area contributed by atoms with Crippen LogP contribution in [0.4, 0.5) is 0 Å². The number of amides is 1. The van der Waals surface area contributed by atoms with Gasteiger partial charge in [-0.05, 0) is 31.8 Å². The van der Waals surface area contributed by atoms with E-state index in [4.69, 9.17) is 10.8 Å². The Morgan fingerprint density at radius 2 is 2.24 bits per heavy atom. The smallest absolute Gasteiger partial charge is 0.308 e. The fourth-order valence-electron chi connectivity index (χ4n) is 2.16. The first-order valence-corrected chi connectivity index (χ1v) is 7.16. The summed E-state index contributed by atoms with van der Waals surface area (Å²) < 4.78 is 0. The number of carbonyl (C=O) groups excluding carboxylic acids is 1. The molecule has 0 saturated carbocycles. The van der Waals surface area contributed by atoms with Crippen molar-refractivity contribution in [2.24, 2.45) is 11.7 Å². The van der Waals surface area contributed by atoms with E-state index in [9.17, 15) is 9.59 Å². The van der Waals surface area contributed by atoms with Gasteiger partial charge in [-0.25, -0.2) is 0 Å². The number of nitrogens with zero attached hydrogens (tertiary/aromatic N) is 1. The highest BCUT2D eigenvalue weighted by atomic mass is 32.2. The number of carboxylic acid groups (broad SMARTS) is 1. The van der Waals surface area contributed by atoms with Gasteiger partial charge in [-0.3, -0.25) is 9.59 Å². The summed E-state index contributed by atoms with van der Waals surface area (Å²) in [5, 5.41) is 8.99. The van der Waals surface area contributed by atoms with Crippen molar-refractivity contribution < 1.29 is 14.7 Å². The summed E-state index contributed by atoms with van der Waals surface area (Å²) in [7, 11) is 0. The van der Waals surface area contributed by atoms with Crippen molar-refractivity contribution in [3.63, 3.8) is 0 Å². The maximum atomic E-state index is 12.0. The molecule has 1 amide bonds. The normalized spacial score (nSPS) is 25.9. The van der Waals surface area contributed by atoms with Crippen molar-refractivity contribution >= 4 is 23.6 Å². The van der Waals surface area contributed by atoms with Crippen molar-refractivity contribution in [3.8, 4) is 0 Å². The molecule has 1 heterocycles. The molecule has 0 aromatic heterocycles. The van der Waals surface area contributed by atoms with Crippen LogP contribution in [0.1, 0.15) is 19.8 Å². The maximum absolute atomic E-state index is 12.0. The molecule has 0 aromatic rings. The average molecular weight is 260 g/mol. The minimum atomic E-state index is -0.828. The van der Waals surface area contributed by atoms with Gasteiger partial charge in [-0.2, -0.15) is 11.8 Å². The lowest BCUT2D eigenvalue weighted by molar-refractivity contribution is -0.143. The Morgan fingerprint density at radius 3 is 2.71 bits per heavy atom. The molecule has 1 aliphatic rings. The lowest BCUT2D eigenvalue weighted by Gasteiger charge is -2.26. The topological polar surface area (TPSA) is 83.6 Å². The van der Waals surface area contributed by atoms with Gasteiger partial charge in [-0.1, -0.05) is 0 Å². The second-order valence-corrected chi connectivity index (χ2v) is 5.38. The van der Waals surface area contributed by atoms with E-state index in [-0.39, 0.29) is 11.9 Å². The third kappa shape index (κ3) is 3.35. The molecular weight excluding hydrogens is 240 g/mol. The molecule has 0 aliphatic carbocycles. The first-order chi connectivity index (χ1) is 7.99. The van der Waals surface area contributed by atoms with Crippen LogP contribution in [0, 0.1) is 5.92 Å². The zero-order chi connectivity index (χ0) is 13.0. The van der Waals surface area contributed by atoms with E-state index in [0.29, 0.717) is 19.4 Å². The number of likely N-dealkylation sites (tertiary alicyclic amines) is 1. The van der Waals surface area contributed by atoms with Gasteiger partial charge in [0.25, 0.3) is 0 Å². The number of thioether (sulfide) groups is 1. The van der Waals surface area contributed by atoms with Crippen LogP contribution >= 0.6 is 11.8 Å². The molecule has 1 aliphatic heterocycles. The quantitative estimate of drug-likeness (QED) is 0.747. The summed E-state index contributed by atoms with van der Waals surface area (Å²) in [6.07, 6.45) is 3.13. The summed E-state index contributed by atoms with van der Waals surface area (Å²) in [6.45, 7) is 2.29. The molecule has 1 saturated heterocycles. The number of hydrogen-bond acceptors (Lipinski definition) is 4. The van der Waals surface area contributed by atoms with Crippen LogP contribution in [0.5, 0.6) is 0 Å². The molecule has 1 fully saturated rings. The summed E-state index contributed by atoms with van der Waals surface area (Å²) >= 11 is 1.65. The maximum Gasteiger partial charge on any atom is 0.308 e. The van der Waals surface area contributed by atoms with E-state index in [1.165, 1.54) is 0 Å². The van der Waals surface area contributed by atoms with E-state index < -0.39 is 17.9 Å². The number of aliphatic carboxylic acids is 1. The van der Waals surface area contributed by atoms with Gasteiger partial charge < -0.3 is 15.7 Å². The van der Waals surface area contributed by atoms with Gasteiger partial charge in [-0.15, -0.1) is 0 Å². The van der Waals surface area contributed by atoms with Crippen LogP contribution in [0.25, 0.3) is 0 Å². The third-order valence-corrected chi connectivity index (χ3v) is 3.95. The number of carbonyl (C=O) groups is 2. The van der Waals surface area contributed by atoms with E-state index in [1.807, 2.05) is 6.26 Å². The lowest BCUT2D eigenvalue weighted by Crippen LogP contribution is -2.46. The minimum Gasteiger partial charge on any atom is -0.481 e. The van der Waals surface area contributed by atoms with Crippen molar-refractivity contribution in [2.45, 2.75) is 31.8 Å². The van der Waals surface area contributed by atoms with E-state index in [2.05, 4.69) is 0 Å². The minimum absolute atomic E-state index is 0.115. The van der Waals surface area contributed by atoms with Crippen molar-refractivity contribution in [3.05, 3.63) is 0 Å². The third-order valence-electron chi connectivity index (χ3n) is 3.31.